The maximum atomic E-state index is 6.16. The number of likely N-dealkylation sites (N-methyl/N-ethyl adjacent to an activating group) is 1. The molecule has 2 fully saturated rings. The first kappa shape index (κ1) is 21.2. The molecular formula is C21H34ClN5O. The Hall–Kier alpha value is -1.50. The summed E-state index contributed by atoms with van der Waals surface area (Å²) in [5.74, 6) is 1.03. The van der Waals surface area contributed by atoms with E-state index in [1.54, 1.807) is 0 Å². The van der Waals surface area contributed by atoms with E-state index in [0.29, 0.717) is 0 Å². The summed E-state index contributed by atoms with van der Waals surface area (Å²) in [7, 11) is 4.33. The Morgan fingerprint density at radius 1 is 1.21 bits per heavy atom. The van der Waals surface area contributed by atoms with Crippen molar-refractivity contribution in [1.29, 1.82) is 0 Å². The molecular weight excluding hydrogens is 374 g/mol. The highest BCUT2D eigenvalue weighted by atomic mass is 35.5. The third-order valence-electron chi connectivity index (χ3n) is 5.98. The lowest BCUT2D eigenvalue weighted by atomic mass is 9.89. The van der Waals surface area contributed by atoms with Crippen LogP contribution in [0.2, 0.25) is 5.02 Å². The normalized spacial score (nSPS) is 20.5. The molecule has 28 heavy (non-hydrogen) atoms. The van der Waals surface area contributed by atoms with Crippen molar-refractivity contribution < 1.29 is 4.74 Å². The second-order valence-electron chi connectivity index (χ2n) is 7.86. The number of hydrogen-bond donors (Lipinski definition) is 1. The average molecular weight is 408 g/mol. The number of piperazine rings is 1. The van der Waals surface area contributed by atoms with Crippen LogP contribution in [0, 0.1) is 0 Å². The van der Waals surface area contributed by atoms with E-state index in [9.17, 15) is 0 Å². The number of nitrogens with one attached hydrogen (secondary N) is 1. The zero-order valence-corrected chi connectivity index (χ0v) is 18.2. The summed E-state index contributed by atoms with van der Waals surface area (Å²) in [6.07, 6.45) is 2.07. The first-order valence-electron chi connectivity index (χ1n) is 10.3. The van der Waals surface area contributed by atoms with Crippen LogP contribution in [0.1, 0.15) is 19.8 Å². The predicted molar refractivity (Wildman–Crippen MR) is 118 cm³/mol. The van der Waals surface area contributed by atoms with Crippen LogP contribution in [0.3, 0.4) is 0 Å². The molecule has 0 aliphatic carbocycles. The van der Waals surface area contributed by atoms with Crippen molar-refractivity contribution in [2.75, 3.05) is 71.5 Å². The Labute approximate surface area is 174 Å². The molecule has 0 unspecified atom stereocenters. The van der Waals surface area contributed by atoms with E-state index in [4.69, 9.17) is 21.3 Å². The number of halogens is 1. The molecule has 7 heteroatoms. The summed E-state index contributed by atoms with van der Waals surface area (Å²) in [6, 6.07) is 8.12. The molecule has 3 rings (SSSR count). The van der Waals surface area contributed by atoms with Gasteiger partial charge in [0.2, 0.25) is 0 Å². The highest BCUT2D eigenvalue weighted by Gasteiger charge is 2.35. The molecule has 0 aromatic heterocycles. The molecule has 1 N–H and O–H groups in total. The van der Waals surface area contributed by atoms with Gasteiger partial charge in [0.15, 0.2) is 5.96 Å². The fraction of sp³-hybridized carbons (Fsp3) is 0.667. The van der Waals surface area contributed by atoms with Gasteiger partial charge in [-0.2, -0.15) is 0 Å². The van der Waals surface area contributed by atoms with E-state index in [-0.39, 0.29) is 5.54 Å². The Morgan fingerprint density at radius 2 is 1.93 bits per heavy atom. The van der Waals surface area contributed by atoms with Gasteiger partial charge in [-0.3, -0.25) is 4.99 Å². The largest absolute Gasteiger partial charge is 0.381 e. The smallest absolute Gasteiger partial charge is 0.194 e. The zero-order valence-electron chi connectivity index (χ0n) is 17.5. The number of benzene rings is 1. The van der Waals surface area contributed by atoms with Crippen LogP contribution in [-0.2, 0) is 4.74 Å². The molecule has 2 aliphatic rings. The monoisotopic (exact) mass is 407 g/mol. The Bertz CT molecular complexity index is 652. The third-order valence-corrected chi connectivity index (χ3v) is 6.22. The Balaban J connectivity index is 1.65. The maximum absolute atomic E-state index is 6.16. The van der Waals surface area contributed by atoms with Crippen LogP contribution in [0.4, 0.5) is 5.69 Å². The number of hydrogen-bond acceptors (Lipinski definition) is 4. The van der Waals surface area contributed by atoms with E-state index >= 15 is 0 Å². The minimum atomic E-state index is 0.0987. The van der Waals surface area contributed by atoms with Crippen LogP contribution in [0.5, 0.6) is 0 Å². The van der Waals surface area contributed by atoms with Crippen LogP contribution in [0.15, 0.2) is 29.3 Å². The fourth-order valence-electron chi connectivity index (χ4n) is 4.00. The molecule has 0 atom stereocenters. The number of aliphatic imine (C=N–C) groups is 1. The first-order valence-corrected chi connectivity index (χ1v) is 10.7. The fourth-order valence-corrected chi connectivity index (χ4v) is 4.18. The van der Waals surface area contributed by atoms with E-state index in [2.05, 4.69) is 47.1 Å². The quantitative estimate of drug-likeness (QED) is 0.600. The standard InChI is InChI=1S/C21H34ClN5O/c1-4-23-20(24-17-21(25(2)3)8-14-28-15-9-21)27-12-10-26(11-13-27)19-7-5-6-18(22)16-19/h5-7,16H,4,8-15,17H2,1-3H3,(H,23,24). The SMILES string of the molecule is CCNC(=NCC1(N(C)C)CCOCC1)N1CCN(c2cccc(Cl)c2)CC1. The predicted octanol–water partition coefficient (Wildman–Crippen LogP) is 2.54. The molecule has 156 valence electrons. The second-order valence-corrected chi connectivity index (χ2v) is 8.29. The average Bonchev–Trinajstić information content (AvgIpc) is 2.72. The van der Waals surface area contributed by atoms with Crippen LogP contribution in [-0.4, -0.2) is 87.9 Å². The van der Waals surface area contributed by atoms with Gasteiger partial charge in [0, 0.05) is 62.2 Å². The van der Waals surface area contributed by atoms with Crippen molar-refractivity contribution in [3.05, 3.63) is 29.3 Å². The lowest BCUT2D eigenvalue weighted by Crippen LogP contribution is -2.54. The summed E-state index contributed by atoms with van der Waals surface area (Å²) < 4.78 is 5.59. The van der Waals surface area contributed by atoms with Crippen LogP contribution >= 0.6 is 11.6 Å². The minimum Gasteiger partial charge on any atom is -0.381 e. The van der Waals surface area contributed by atoms with Gasteiger partial charge in [-0.1, -0.05) is 17.7 Å². The van der Waals surface area contributed by atoms with Gasteiger partial charge in [0.05, 0.1) is 6.54 Å². The van der Waals surface area contributed by atoms with Gasteiger partial charge in [-0.15, -0.1) is 0 Å². The summed E-state index contributed by atoms with van der Waals surface area (Å²) in [5, 5.41) is 4.29. The molecule has 0 bridgehead atoms. The van der Waals surface area contributed by atoms with Gasteiger partial charge < -0.3 is 24.8 Å². The summed E-state index contributed by atoms with van der Waals surface area (Å²) in [5.41, 5.74) is 1.30. The lowest BCUT2D eigenvalue weighted by Gasteiger charge is -2.42. The highest BCUT2D eigenvalue weighted by Crippen LogP contribution is 2.26. The number of ether oxygens (including phenoxy) is 1. The number of guanidine groups is 1. The van der Waals surface area contributed by atoms with Crippen molar-refractivity contribution >= 4 is 23.2 Å². The molecule has 2 heterocycles. The number of rotatable bonds is 5. The summed E-state index contributed by atoms with van der Waals surface area (Å²) in [6.45, 7) is 9.31. The lowest BCUT2D eigenvalue weighted by molar-refractivity contribution is -0.00264. The van der Waals surface area contributed by atoms with Gasteiger partial charge in [-0.25, -0.2) is 0 Å². The van der Waals surface area contributed by atoms with Gasteiger partial charge in [0.25, 0.3) is 0 Å². The molecule has 0 spiro atoms. The molecule has 0 amide bonds. The third kappa shape index (κ3) is 5.10. The molecule has 0 radical (unpaired) electrons. The van der Waals surface area contributed by atoms with E-state index in [0.717, 1.165) is 76.3 Å². The molecule has 2 aliphatic heterocycles. The number of nitrogens with zero attached hydrogens (tertiary/aromatic N) is 4. The van der Waals surface area contributed by atoms with Crippen molar-refractivity contribution in [2.24, 2.45) is 4.99 Å². The molecule has 0 saturated carbocycles. The van der Waals surface area contributed by atoms with Gasteiger partial charge >= 0.3 is 0 Å². The van der Waals surface area contributed by atoms with Crippen molar-refractivity contribution in [1.82, 2.24) is 15.1 Å². The van der Waals surface area contributed by atoms with Crippen LogP contribution < -0.4 is 10.2 Å². The maximum Gasteiger partial charge on any atom is 0.194 e. The van der Waals surface area contributed by atoms with Crippen molar-refractivity contribution in [2.45, 2.75) is 25.3 Å². The molecule has 6 nitrogen and oxygen atoms in total. The first-order chi connectivity index (χ1) is 13.5. The Kier molecular flexibility index (Phi) is 7.43. The topological polar surface area (TPSA) is 43.3 Å². The van der Waals surface area contributed by atoms with Crippen molar-refractivity contribution in [3.63, 3.8) is 0 Å². The van der Waals surface area contributed by atoms with Gasteiger partial charge in [-0.05, 0) is 52.1 Å². The minimum absolute atomic E-state index is 0.0987. The zero-order chi connectivity index (χ0) is 20.0. The summed E-state index contributed by atoms with van der Waals surface area (Å²) in [4.78, 5) is 12.2. The number of anilines is 1. The summed E-state index contributed by atoms with van der Waals surface area (Å²) >= 11 is 6.16. The Morgan fingerprint density at radius 3 is 2.54 bits per heavy atom. The molecule has 2 saturated heterocycles. The van der Waals surface area contributed by atoms with E-state index in [1.807, 2.05) is 18.2 Å². The van der Waals surface area contributed by atoms with E-state index < -0.39 is 0 Å². The highest BCUT2D eigenvalue weighted by molar-refractivity contribution is 6.30. The van der Waals surface area contributed by atoms with Crippen LogP contribution in [0.25, 0.3) is 0 Å². The molecule has 1 aromatic rings. The second kappa shape index (κ2) is 9.81. The van der Waals surface area contributed by atoms with Gasteiger partial charge in [0.1, 0.15) is 0 Å². The van der Waals surface area contributed by atoms with E-state index in [1.165, 1.54) is 5.69 Å². The van der Waals surface area contributed by atoms with Crippen molar-refractivity contribution in [3.8, 4) is 0 Å². The molecule has 1 aromatic carbocycles.